The number of fused-ring (bicyclic) bond motifs is 2. The molecule has 1 aromatic carbocycles. The summed E-state index contributed by atoms with van der Waals surface area (Å²) in [5, 5.41) is 10.6. The normalized spacial score (nSPS) is 30.5. The van der Waals surface area contributed by atoms with Gasteiger partial charge in [0.2, 0.25) is 0 Å². The van der Waals surface area contributed by atoms with Crippen molar-refractivity contribution in [3.05, 3.63) is 39.9 Å². The summed E-state index contributed by atoms with van der Waals surface area (Å²) in [6.07, 6.45) is 6.60. The molecule has 0 spiro atoms. The maximum Gasteiger partial charge on any atom is 0.269 e. The Balaban J connectivity index is 1.63. The molecule has 0 amide bonds. The lowest BCUT2D eigenvalue weighted by atomic mass is 9.84. The van der Waals surface area contributed by atoms with Crippen molar-refractivity contribution < 1.29 is 4.92 Å². The predicted molar refractivity (Wildman–Crippen MR) is 78.5 cm³/mol. The Kier molecular flexibility index (Phi) is 3.61. The van der Waals surface area contributed by atoms with E-state index in [0.717, 1.165) is 24.2 Å². The van der Waals surface area contributed by atoms with Gasteiger partial charge in [-0.3, -0.25) is 10.1 Å². The molecule has 0 saturated heterocycles. The topological polar surface area (TPSA) is 43.1 Å². The van der Waals surface area contributed by atoms with Gasteiger partial charge in [0.15, 0.2) is 0 Å². The highest BCUT2D eigenvalue weighted by Gasteiger charge is 2.42. The van der Waals surface area contributed by atoms with E-state index in [1.165, 1.54) is 31.2 Å². The smallest absolute Gasteiger partial charge is 0.258 e. The molecule has 4 heteroatoms. The fourth-order valence-electron chi connectivity index (χ4n) is 3.87. The minimum absolute atomic E-state index is 0.176. The van der Waals surface area contributed by atoms with E-state index in [0.29, 0.717) is 4.83 Å². The van der Waals surface area contributed by atoms with E-state index < -0.39 is 0 Å². The van der Waals surface area contributed by atoms with Crippen molar-refractivity contribution in [2.75, 3.05) is 0 Å². The predicted octanol–water partition coefficient (Wildman–Crippen LogP) is 4.34. The van der Waals surface area contributed by atoms with Crippen molar-refractivity contribution in [1.82, 2.24) is 0 Å². The summed E-state index contributed by atoms with van der Waals surface area (Å²) in [6, 6.07) is 6.99. The number of nitrogens with zero attached hydrogens (tertiary/aromatic N) is 1. The number of hydrogen-bond donors (Lipinski definition) is 0. The van der Waals surface area contributed by atoms with Crippen LogP contribution in [0.1, 0.15) is 31.2 Å². The second-order valence-electron chi connectivity index (χ2n) is 5.98. The van der Waals surface area contributed by atoms with Gasteiger partial charge in [-0.15, -0.1) is 0 Å². The number of benzene rings is 1. The molecule has 4 atom stereocenters. The molecule has 2 aliphatic rings. The van der Waals surface area contributed by atoms with Gasteiger partial charge in [0.25, 0.3) is 5.69 Å². The standard InChI is InChI=1S/C15H18BrNO2/c16-15(14-8-11-1-4-12(14)7-11)9-10-2-5-13(6-3-10)17(18)19/h2-3,5-6,11-12,14-15H,1,4,7-9H2. The third-order valence-electron chi connectivity index (χ3n) is 4.84. The number of alkyl halides is 1. The Morgan fingerprint density at radius 2 is 2.00 bits per heavy atom. The number of nitro benzene ring substituents is 1. The Morgan fingerprint density at radius 1 is 1.26 bits per heavy atom. The number of hydrogen-bond acceptors (Lipinski definition) is 2. The summed E-state index contributed by atoms with van der Waals surface area (Å²) in [7, 11) is 0. The zero-order chi connectivity index (χ0) is 13.4. The molecule has 3 rings (SSSR count). The first kappa shape index (κ1) is 13.1. The van der Waals surface area contributed by atoms with E-state index in [1.807, 2.05) is 12.1 Å². The second kappa shape index (κ2) is 5.23. The van der Waals surface area contributed by atoms with E-state index in [2.05, 4.69) is 15.9 Å². The molecule has 0 aromatic heterocycles. The highest BCUT2D eigenvalue weighted by Crippen LogP contribution is 2.51. The summed E-state index contributed by atoms with van der Waals surface area (Å²) in [4.78, 5) is 10.8. The van der Waals surface area contributed by atoms with Crippen molar-refractivity contribution in [2.45, 2.75) is 36.9 Å². The van der Waals surface area contributed by atoms with Crippen LogP contribution in [0.5, 0.6) is 0 Å². The molecule has 0 radical (unpaired) electrons. The zero-order valence-corrected chi connectivity index (χ0v) is 12.4. The number of halogens is 1. The maximum atomic E-state index is 10.6. The average Bonchev–Trinajstić information content (AvgIpc) is 3.01. The summed E-state index contributed by atoms with van der Waals surface area (Å²) in [6.45, 7) is 0. The molecule has 2 fully saturated rings. The van der Waals surface area contributed by atoms with Gasteiger partial charge < -0.3 is 0 Å². The van der Waals surface area contributed by atoms with Crippen LogP contribution in [-0.2, 0) is 6.42 Å². The van der Waals surface area contributed by atoms with Crippen LogP contribution in [-0.4, -0.2) is 9.75 Å². The Labute approximate surface area is 121 Å². The number of non-ortho nitro benzene ring substituents is 1. The number of rotatable bonds is 4. The van der Waals surface area contributed by atoms with Crippen molar-refractivity contribution >= 4 is 21.6 Å². The van der Waals surface area contributed by atoms with Crippen LogP contribution in [0.2, 0.25) is 0 Å². The van der Waals surface area contributed by atoms with Gasteiger partial charge in [-0.1, -0.05) is 34.5 Å². The molecule has 1 aromatic rings. The van der Waals surface area contributed by atoms with E-state index in [4.69, 9.17) is 0 Å². The highest BCUT2D eigenvalue weighted by molar-refractivity contribution is 9.09. The minimum Gasteiger partial charge on any atom is -0.258 e. The van der Waals surface area contributed by atoms with E-state index >= 15 is 0 Å². The Bertz CT molecular complexity index is 474. The largest absolute Gasteiger partial charge is 0.269 e. The molecular formula is C15H18BrNO2. The molecular weight excluding hydrogens is 306 g/mol. The molecule has 19 heavy (non-hydrogen) atoms. The minimum atomic E-state index is -0.342. The molecule has 2 bridgehead atoms. The van der Waals surface area contributed by atoms with Crippen LogP contribution in [0.25, 0.3) is 0 Å². The molecule has 2 aliphatic carbocycles. The van der Waals surface area contributed by atoms with Crippen LogP contribution >= 0.6 is 15.9 Å². The average molecular weight is 324 g/mol. The van der Waals surface area contributed by atoms with Gasteiger partial charge in [-0.25, -0.2) is 0 Å². The summed E-state index contributed by atoms with van der Waals surface area (Å²) in [5.41, 5.74) is 1.37. The van der Waals surface area contributed by atoms with Gasteiger partial charge in [0, 0.05) is 17.0 Å². The lowest BCUT2D eigenvalue weighted by Crippen LogP contribution is -2.22. The quantitative estimate of drug-likeness (QED) is 0.470. The van der Waals surface area contributed by atoms with Gasteiger partial charge in [-0.05, 0) is 49.0 Å². The lowest BCUT2D eigenvalue weighted by Gasteiger charge is -2.26. The van der Waals surface area contributed by atoms with Crippen molar-refractivity contribution in [1.29, 1.82) is 0 Å². The first-order valence-corrected chi connectivity index (χ1v) is 7.92. The summed E-state index contributed by atoms with van der Waals surface area (Å²) >= 11 is 3.86. The van der Waals surface area contributed by atoms with Crippen LogP contribution in [0.3, 0.4) is 0 Å². The molecule has 4 unspecified atom stereocenters. The fourth-order valence-corrected chi connectivity index (χ4v) is 4.89. The van der Waals surface area contributed by atoms with Gasteiger partial charge in [-0.2, -0.15) is 0 Å². The maximum absolute atomic E-state index is 10.6. The third kappa shape index (κ3) is 2.69. The molecule has 102 valence electrons. The van der Waals surface area contributed by atoms with Crippen molar-refractivity contribution in [3.63, 3.8) is 0 Å². The lowest BCUT2D eigenvalue weighted by molar-refractivity contribution is -0.384. The van der Waals surface area contributed by atoms with Crippen LogP contribution in [0.4, 0.5) is 5.69 Å². The molecule has 0 heterocycles. The van der Waals surface area contributed by atoms with Crippen molar-refractivity contribution in [2.24, 2.45) is 17.8 Å². The third-order valence-corrected chi connectivity index (χ3v) is 5.84. The van der Waals surface area contributed by atoms with Crippen LogP contribution in [0.15, 0.2) is 24.3 Å². The van der Waals surface area contributed by atoms with Crippen molar-refractivity contribution in [3.8, 4) is 0 Å². The van der Waals surface area contributed by atoms with E-state index in [1.54, 1.807) is 12.1 Å². The van der Waals surface area contributed by atoms with E-state index in [-0.39, 0.29) is 10.6 Å². The molecule has 3 nitrogen and oxygen atoms in total. The van der Waals surface area contributed by atoms with E-state index in [9.17, 15) is 10.1 Å². The number of nitro groups is 1. The fraction of sp³-hybridized carbons (Fsp3) is 0.600. The summed E-state index contributed by atoms with van der Waals surface area (Å²) in [5.74, 6) is 2.67. The van der Waals surface area contributed by atoms with Gasteiger partial charge in [0.05, 0.1) is 4.92 Å². The van der Waals surface area contributed by atoms with Crippen LogP contribution in [0, 0.1) is 27.9 Å². The molecule has 0 aliphatic heterocycles. The first-order valence-electron chi connectivity index (χ1n) is 7.01. The SMILES string of the molecule is O=[N+]([O-])c1ccc(CC(Br)C2CC3CCC2C3)cc1. The van der Waals surface area contributed by atoms with Gasteiger partial charge in [0.1, 0.15) is 0 Å². The van der Waals surface area contributed by atoms with Gasteiger partial charge >= 0.3 is 0 Å². The monoisotopic (exact) mass is 323 g/mol. The zero-order valence-electron chi connectivity index (χ0n) is 10.8. The first-order chi connectivity index (χ1) is 9.13. The summed E-state index contributed by atoms with van der Waals surface area (Å²) < 4.78 is 0. The Hall–Kier alpha value is -0.900. The second-order valence-corrected chi connectivity index (χ2v) is 7.16. The Morgan fingerprint density at radius 3 is 2.53 bits per heavy atom. The highest BCUT2D eigenvalue weighted by atomic mass is 79.9. The molecule has 2 saturated carbocycles. The van der Waals surface area contributed by atoms with Crippen LogP contribution < -0.4 is 0 Å². The molecule has 0 N–H and O–H groups in total.